The maximum atomic E-state index is 11.0. The highest BCUT2D eigenvalue weighted by Crippen LogP contribution is 2.36. The number of carbonyl (C=O) groups excluding carboxylic acids is 1. The van der Waals surface area contributed by atoms with Crippen LogP contribution in [0.4, 0.5) is 0 Å². The number of carbonyl (C=O) groups is 1. The molecule has 5 heteroatoms. The Labute approximate surface area is 115 Å². The Kier molecular flexibility index (Phi) is 2.82. The van der Waals surface area contributed by atoms with Gasteiger partial charge in [0.25, 0.3) is 0 Å². The van der Waals surface area contributed by atoms with E-state index < -0.39 is 0 Å². The minimum absolute atomic E-state index is 0.422. The van der Waals surface area contributed by atoms with Crippen LogP contribution in [0.5, 0.6) is 11.5 Å². The van der Waals surface area contributed by atoms with Crippen molar-refractivity contribution in [1.29, 1.82) is 0 Å². The lowest BCUT2D eigenvalue weighted by molar-refractivity contribution is 0.111. The van der Waals surface area contributed by atoms with Gasteiger partial charge in [0.1, 0.15) is 5.69 Å². The summed E-state index contributed by atoms with van der Waals surface area (Å²) < 4.78 is 10.6. The van der Waals surface area contributed by atoms with Gasteiger partial charge in [-0.15, -0.1) is 0 Å². The molecular weight excluding hydrogens is 256 g/mol. The third-order valence-electron chi connectivity index (χ3n) is 3.41. The molecule has 0 bridgehead atoms. The average Bonchev–Trinajstić information content (AvgIpc) is 2.83. The van der Waals surface area contributed by atoms with Gasteiger partial charge in [0.05, 0.1) is 30.9 Å². The summed E-state index contributed by atoms with van der Waals surface area (Å²) in [5.41, 5.74) is 3.05. The highest BCUT2D eigenvalue weighted by Gasteiger charge is 2.13. The highest BCUT2D eigenvalue weighted by molar-refractivity contribution is 6.09. The summed E-state index contributed by atoms with van der Waals surface area (Å²) >= 11 is 0. The van der Waals surface area contributed by atoms with E-state index in [-0.39, 0.29) is 0 Å². The summed E-state index contributed by atoms with van der Waals surface area (Å²) in [5.74, 6) is 1.32. The van der Waals surface area contributed by atoms with Gasteiger partial charge in [0, 0.05) is 16.8 Å². The van der Waals surface area contributed by atoms with Crippen molar-refractivity contribution in [2.75, 3.05) is 14.2 Å². The number of benzene rings is 1. The van der Waals surface area contributed by atoms with Crippen LogP contribution >= 0.6 is 0 Å². The second-order valence-electron chi connectivity index (χ2n) is 4.55. The Bertz CT molecular complexity index is 821. The van der Waals surface area contributed by atoms with E-state index in [1.54, 1.807) is 20.3 Å². The maximum absolute atomic E-state index is 11.0. The normalized spacial score (nSPS) is 10.9. The predicted octanol–water partition coefficient (Wildman–Crippen LogP) is 2.85. The van der Waals surface area contributed by atoms with Crippen molar-refractivity contribution in [1.82, 2.24) is 9.97 Å². The summed E-state index contributed by atoms with van der Waals surface area (Å²) in [7, 11) is 3.20. The van der Waals surface area contributed by atoms with E-state index in [2.05, 4.69) is 9.97 Å². The van der Waals surface area contributed by atoms with Gasteiger partial charge >= 0.3 is 0 Å². The number of fused-ring (bicyclic) bond motifs is 3. The summed E-state index contributed by atoms with van der Waals surface area (Å²) in [6.45, 7) is 1.87. The molecule has 0 fully saturated rings. The Hall–Kier alpha value is -2.56. The number of aromatic nitrogens is 2. The zero-order valence-electron chi connectivity index (χ0n) is 11.5. The SMILES string of the molecule is COc1cc2[nH]c3c(C)nc(C=O)cc3c2cc1OC. The Morgan fingerprint density at radius 3 is 2.45 bits per heavy atom. The minimum atomic E-state index is 0.422. The van der Waals surface area contributed by atoms with E-state index in [1.165, 1.54) is 0 Å². The molecule has 1 N–H and O–H groups in total. The van der Waals surface area contributed by atoms with Crippen LogP contribution < -0.4 is 9.47 Å². The van der Waals surface area contributed by atoms with E-state index in [4.69, 9.17) is 9.47 Å². The fourth-order valence-corrected chi connectivity index (χ4v) is 2.47. The van der Waals surface area contributed by atoms with Crippen LogP contribution in [0.1, 0.15) is 16.2 Å². The molecule has 0 atom stereocenters. The van der Waals surface area contributed by atoms with Crippen LogP contribution in [0.3, 0.4) is 0 Å². The smallest absolute Gasteiger partial charge is 0.168 e. The van der Waals surface area contributed by atoms with Crippen LogP contribution in [0.25, 0.3) is 21.8 Å². The lowest BCUT2D eigenvalue weighted by Gasteiger charge is -2.07. The predicted molar refractivity (Wildman–Crippen MR) is 76.8 cm³/mol. The van der Waals surface area contributed by atoms with Crippen molar-refractivity contribution in [3.05, 3.63) is 29.6 Å². The van der Waals surface area contributed by atoms with Crippen molar-refractivity contribution < 1.29 is 14.3 Å². The number of nitrogens with one attached hydrogen (secondary N) is 1. The first-order valence-corrected chi connectivity index (χ1v) is 6.18. The molecule has 102 valence electrons. The fourth-order valence-electron chi connectivity index (χ4n) is 2.47. The summed E-state index contributed by atoms with van der Waals surface area (Å²) in [4.78, 5) is 18.5. The molecular formula is C15H14N2O3. The number of pyridine rings is 1. The number of nitrogens with zero attached hydrogens (tertiary/aromatic N) is 1. The van der Waals surface area contributed by atoms with Crippen LogP contribution in [0.15, 0.2) is 18.2 Å². The molecule has 3 rings (SSSR count). The summed E-state index contributed by atoms with van der Waals surface area (Å²) in [5, 5.41) is 1.93. The minimum Gasteiger partial charge on any atom is -0.493 e. The van der Waals surface area contributed by atoms with Crippen LogP contribution in [0.2, 0.25) is 0 Å². The number of hydrogen-bond donors (Lipinski definition) is 1. The van der Waals surface area contributed by atoms with Crippen molar-refractivity contribution in [3.8, 4) is 11.5 Å². The van der Waals surface area contributed by atoms with E-state index in [0.717, 1.165) is 33.8 Å². The second-order valence-corrected chi connectivity index (χ2v) is 4.55. The maximum Gasteiger partial charge on any atom is 0.168 e. The van der Waals surface area contributed by atoms with Crippen LogP contribution in [0, 0.1) is 6.92 Å². The van der Waals surface area contributed by atoms with Gasteiger partial charge in [-0.05, 0) is 19.1 Å². The molecule has 0 saturated carbocycles. The van der Waals surface area contributed by atoms with Gasteiger partial charge in [-0.2, -0.15) is 0 Å². The molecule has 0 radical (unpaired) electrons. The first-order chi connectivity index (χ1) is 9.67. The van der Waals surface area contributed by atoms with Gasteiger partial charge in [-0.3, -0.25) is 4.79 Å². The van der Waals surface area contributed by atoms with E-state index in [0.29, 0.717) is 17.2 Å². The molecule has 0 aliphatic heterocycles. The number of aromatic amines is 1. The number of rotatable bonds is 3. The number of H-pyrrole nitrogens is 1. The van der Waals surface area contributed by atoms with E-state index in [9.17, 15) is 4.79 Å². The number of methoxy groups -OCH3 is 2. The Morgan fingerprint density at radius 2 is 1.80 bits per heavy atom. The largest absolute Gasteiger partial charge is 0.493 e. The Balaban J connectivity index is 2.43. The first kappa shape index (κ1) is 12.5. The Morgan fingerprint density at radius 1 is 1.10 bits per heavy atom. The molecule has 0 saturated heterocycles. The number of aldehydes is 1. The molecule has 0 aliphatic carbocycles. The second kappa shape index (κ2) is 4.52. The van der Waals surface area contributed by atoms with E-state index in [1.807, 2.05) is 19.1 Å². The molecule has 3 aromatic rings. The molecule has 2 heterocycles. The molecule has 0 aliphatic rings. The highest BCUT2D eigenvalue weighted by atomic mass is 16.5. The lowest BCUT2D eigenvalue weighted by atomic mass is 10.1. The van der Waals surface area contributed by atoms with Crippen molar-refractivity contribution in [2.45, 2.75) is 6.92 Å². The van der Waals surface area contributed by atoms with Gasteiger partial charge in [0.15, 0.2) is 17.8 Å². The molecule has 1 aromatic carbocycles. The van der Waals surface area contributed by atoms with Gasteiger partial charge < -0.3 is 14.5 Å². The van der Waals surface area contributed by atoms with Crippen molar-refractivity contribution in [3.63, 3.8) is 0 Å². The number of aryl methyl sites for hydroxylation is 1. The summed E-state index contributed by atoms with van der Waals surface area (Å²) in [6.07, 6.45) is 0.756. The third-order valence-corrected chi connectivity index (χ3v) is 3.41. The quantitative estimate of drug-likeness (QED) is 0.743. The molecule has 0 spiro atoms. The lowest BCUT2D eigenvalue weighted by Crippen LogP contribution is -1.90. The van der Waals surface area contributed by atoms with Gasteiger partial charge in [-0.25, -0.2) is 4.98 Å². The monoisotopic (exact) mass is 270 g/mol. The van der Waals surface area contributed by atoms with Crippen molar-refractivity contribution in [2.24, 2.45) is 0 Å². The third kappa shape index (κ3) is 1.71. The van der Waals surface area contributed by atoms with Crippen LogP contribution in [-0.2, 0) is 0 Å². The summed E-state index contributed by atoms with van der Waals surface area (Å²) in [6, 6.07) is 5.56. The average molecular weight is 270 g/mol. The van der Waals surface area contributed by atoms with Crippen molar-refractivity contribution >= 4 is 28.1 Å². The molecule has 2 aromatic heterocycles. The molecule has 0 unspecified atom stereocenters. The molecule has 5 nitrogen and oxygen atoms in total. The van der Waals surface area contributed by atoms with E-state index >= 15 is 0 Å². The molecule has 20 heavy (non-hydrogen) atoms. The number of hydrogen-bond acceptors (Lipinski definition) is 4. The first-order valence-electron chi connectivity index (χ1n) is 6.18. The standard InChI is InChI=1S/C15H14N2O3/c1-8-15-11(4-9(7-18)16-8)10-5-13(19-2)14(20-3)6-12(10)17-15/h4-7,17H,1-3H3. The zero-order valence-corrected chi connectivity index (χ0v) is 11.5. The topological polar surface area (TPSA) is 64.2 Å². The number of ether oxygens (including phenoxy) is 2. The fraction of sp³-hybridized carbons (Fsp3) is 0.200. The molecule has 0 amide bonds. The van der Waals surface area contributed by atoms with Gasteiger partial charge in [0.2, 0.25) is 0 Å². The van der Waals surface area contributed by atoms with Crippen LogP contribution in [-0.4, -0.2) is 30.5 Å². The zero-order chi connectivity index (χ0) is 14.3. The van der Waals surface area contributed by atoms with Gasteiger partial charge in [-0.1, -0.05) is 0 Å².